The Bertz CT molecular complexity index is 586. The molecule has 2 amide bonds. The summed E-state index contributed by atoms with van der Waals surface area (Å²) in [6.07, 6.45) is -0.264. The highest BCUT2D eigenvalue weighted by molar-refractivity contribution is 5.77. The van der Waals surface area contributed by atoms with Gasteiger partial charge in [0.1, 0.15) is 0 Å². The highest BCUT2D eigenvalue weighted by Gasteiger charge is 2.26. The molecule has 1 aromatic rings. The lowest BCUT2D eigenvalue weighted by atomic mass is 10.0. The Kier molecular flexibility index (Phi) is 6.25. The van der Waals surface area contributed by atoms with Gasteiger partial charge in [0.2, 0.25) is 0 Å². The molecule has 1 saturated heterocycles. The number of aliphatic carboxylic acids is 1. The van der Waals surface area contributed by atoms with Crippen LogP contribution >= 0.6 is 0 Å². The lowest BCUT2D eigenvalue weighted by molar-refractivity contribution is -0.137. The molecule has 8 heteroatoms. The van der Waals surface area contributed by atoms with Crippen molar-refractivity contribution >= 4 is 12.0 Å². The normalized spacial score (nSPS) is 15.5. The van der Waals surface area contributed by atoms with Crippen LogP contribution in [0.1, 0.15) is 18.0 Å². The lowest BCUT2D eigenvalue weighted by Crippen LogP contribution is -2.47. The topological polar surface area (TPSA) is 97.3 Å². The number of hydrogen-bond acceptors (Lipinski definition) is 5. The van der Waals surface area contributed by atoms with Crippen molar-refractivity contribution in [2.75, 3.05) is 40.5 Å². The Morgan fingerprint density at radius 2 is 2.00 bits per heavy atom. The molecule has 1 heterocycles. The fourth-order valence-electron chi connectivity index (χ4n) is 2.61. The van der Waals surface area contributed by atoms with E-state index in [4.69, 9.17) is 14.2 Å². The summed E-state index contributed by atoms with van der Waals surface area (Å²) in [6.45, 7) is 1.89. The summed E-state index contributed by atoms with van der Waals surface area (Å²) in [7, 11) is 2.98. The van der Waals surface area contributed by atoms with E-state index >= 15 is 0 Å². The number of nitrogens with one attached hydrogen (secondary N) is 1. The number of rotatable bonds is 6. The monoisotopic (exact) mass is 338 g/mol. The third-order valence-electron chi connectivity index (χ3n) is 3.78. The molecule has 0 bridgehead atoms. The maximum absolute atomic E-state index is 12.4. The van der Waals surface area contributed by atoms with Crippen molar-refractivity contribution in [2.45, 2.75) is 12.5 Å². The van der Waals surface area contributed by atoms with Crippen LogP contribution in [0.2, 0.25) is 0 Å². The van der Waals surface area contributed by atoms with Gasteiger partial charge in [-0.2, -0.15) is 0 Å². The number of morpholine rings is 1. The molecular weight excluding hydrogens is 316 g/mol. The van der Waals surface area contributed by atoms with E-state index in [0.29, 0.717) is 43.4 Å². The first-order valence-corrected chi connectivity index (χ1v) is 7.62. The van der Waals surface area contributed by atoms with Gasteiger partial charge in [0, 0.05) is 18.7 Å². The van der Waals surface area contributed by atoms with Crippen molar-refractivity contribution in [3.05, 3.63) is 23.8 Å². The number of carbonyl (C=O) groups is 2. The zero-order valence-electron chi connectivity index (χ0n) is 13.8. The van der Waals surface area contributed by atoms with Crippen LogP contribution in [0, 0.1) is 0 Å². The van der Waals surface area contributed by atoms with Gasteiger partial charge < -0.3 is 29.5 Å². The molecule has 1 aliphatic rings. The molecule has 8 nitrogen and oxygen atoms in total. The van der Waals surface area contributed by atoms with Crippen LogP contribution in [0.4, 0.5) is 4.79 Å². The summed E-state index contributed by atoms with van der Waals surface area (Å²) < 4.78 is 15.8. The second-order valence-electron chi connectivity index (χ2n) is 5.28. The molecule has 1 aliphatic heterocycles. The predicted octanol–water partition coefficient (Wildman–Crippen LogP) is 1.26. The highest BCUT2D eigenvalue weighted by atomic mass is 16.5. The zero-order valence-corrected chi connectivity index (χ0v) is 13.8. The van der Waals surface area contributed by atoms with Crippen LogP contribution in [0.3, 0.4) is 0 Å². The average molecular weight is 338 g/mol. The Morgan fingerprint density at radius 1 is 1.29 bits per heavy atom. The molecule has 132 valence electrons. The molecule has 1 unspecified atom stereocenters. The van der Waals surface area contributed by atoms with Crippen molar-refractivity contribution in [2.24, 2.45) is 0 Å². The number of carboxylic acid groups (broad SMARTS) is 1. The number of methoxy groups -OCH3 is 2. The molecule has 0 radical (unpaired) electrons. The average Bonchev–Trinajstić information content (AvgIpc) is 2.60. The van der Waals surface area contributed by atoms with E-state index in [9.17, 15) is 14.7 Å². The van der Waals surface area contributed by atoms with Gasteiger partial charge in [-0.1, -0.05) is 12.1 Å². The summed E-state index contributed by atoms with van der Waals surface area (Å²) in [6, 6.07) is 4.10. The number of ether oxygens (including phenoxy) is 3. The summed E-state index contributed by atoms with van der Waals surface area (Å²) in [4.78, 5) is 25.3. The van der Waals surface area contributed by atoms with Crippen LogP contribution in [0.25, 0.3) is 0 Å². The van der Waals surface area contributed by atoms with Crippen LogP contribution in [0.5, 0.6) is 11.5 Å². The summed E-state index contributed by atoms with van der Waals surface area (Å²) in [5, 5.41) is 12.0. The minimum Gasteiger partial charge on any atom is -0.493 e. The minimum absolute atomic E-state index is 0.264. The van der Waals surface area contributed by atoms with Gasteiger partial charge >= 0.3 is 12.0 Å². The van der Waals surface area contributed by atoms with Crippen molar-refractivity contribution in [3.63, 3.8) is 0 Å². The molecule has 0 aliphatic carbocycles. The Hall–Kier alpha value is -2.48. The fourth-order valence-corrected chi connectivity index (χ4v) is 2.61. The highest BCUT2D eigenvalue weighted by Crippen LogP contribution is 2.35. The van der Waals surface area contributed by atoms with E-state index in [1.807, 2.05) is 0 Å². The smallest absolute Gasteiger partial charge is 0.318 e. The third-order valence-corrected chi connectivity index (χ3v) is 3.78. The zero-order chi connectivity index (χ0) is 17.5. The van der Waals surface area contributed by atoms with E-state index in [1.54, 1.807) is 23.1 Å². The van der Waals surface area contributed by atoms with Gasteiger partial charge in [0.05, 0.1) is 39.9 Å². The first kappa shape index (κ1) is 17.9. The molecule has 1 atom stereocenters. The van der Waals surface area contributed by atoms with Crippen molar-refractivity contribution < 1.29 is 28.9 Å². The molecule has 1 aromatic carbocycles. The van der Waals surface area contributed by atoms with E-state index in [0.717, 1.165) is 0 Å². The van der Waals surface area contributed by atoms with E-state index < -0.39 is 12.0 Å². The van der Waals surface area contributed by atoms with Crippen LogP contribution in [-0.2, 0) is 9.53 Å². The lowest BCUT2D eigenvalue weighted by Gasteiger charge is -2.29. The maximum atomic E-state index is 12.4. The van der Waals surface area contributed by atoms with Gasteiger partial charge in [0.25, 0.3) is 0 Å². The standard InChI is InChI=1S/C16H22N2O6/c1-22-13-5-3-4-11(15(13)23-2)12(10-14(19)20)17-16(21)18-6-8-24-9-7-18/h3-5,12H,6-10H2,1-2H3,(H,17,21)(H,19,20). The molecule has 0 spiro atoms. The first-order valence-electron chi connectivity index (χ1n) is 7.62. The van der Waals surface area contributed by atoms with E-state index in [2.05, 4.69) is 5.32 Å². The number of hydrogen-bond donors (Lipinski definition) is 2. The third kappa shape index (κ3) is 4.29. The fraction of sp³-hybridized carbons (Fsp3) is 0.500. The SMILES string of the molecule is COc1cccc(C(CC(=O)O)NC(=O)N2CCOCC2)c1OC. The Morgan fingerprint density at radius 3 is 2.58 bits per heavy atom. The Balaban J connectivity index is 2.25. The minimum atomic E-state index is -1.02. The van der Waals surface area contributed by atoms with E-state index in [-0.39, 0.29) is 12.5 Å². The molecule has 24 heavy (non-hydrogen) atoms. The Labute approximate surface area is 140 Å². The summed E-state index contributed by atoms with van der Waals surface area (Å²) in [5.41, 5.74) is 0.556. The van der Waals surface area contributed by atoms with Gasteiger partial charge in [-0.05, 0) is 6.07 Å². The number of amides is 2. The largest absolute Gasteiger partial charge is 0.493 e. The molecule has 1 fully saturated rings. The number of nitrogens with zero attached hydrogens (tertiary/aromatic N) is 1. The van der Waals surface area contributed by atoms with Crippen LogP contribution < -0.4 is 14.8 Å². The second-order valence-corrected chi connectivity index (χ2v) is 5.28. The first-order chi connectivity index (χ1) is 11.6. The molecule has 2 N–H and O–H groups in total. The number of urea groups is 1. The molecular formula is C16H22N2O6. The number of benzene rings is 1. The molecule has 0 saturated carbocycles. The van der Waals surface area contributed by atoms with Gasteiger partial charge in [0.15, 0.2) is 11.5 Å². The summed E-state index contributed by atoms with van der Waals surface area (Å²) in [5.74, 6) is -0.133. The van der Waals surface area contributed by atoms with Crippen molar-refractivity contribution in [3.8, 4) is 11.5 Å². The second kappa shape index (κ2) is 8.39. The summed E-state index contributed by atoms with van der Waals surface area (Å²) >= 11 is 0. The molecule has 2 rings (SSSR count). The number of carboxylic acids is 1. The van der Waals surface area contributed by atoms with Gasteiger partial charge in [-0.15, -0.1) is 0 Å². The van der Waals surface area contributed by atoms with Crippen LogP contribution in [0.15, 0.2) is 18.2 Å². The maximum Gasteiger partial charge on any atom is 0.318 e. The van der Waals surface area contributed by atoms with Gasteiger partial charge in [-0.3, -0.25) is 4.79 Å². The van der Waals surface area contributed by atoms with Gasteiger partial charge in [-0.25, -0.2) is 4.79 Å². The van der Waals surface area contributed by atoms with Crippen LogP contribution in [-0.4, -0.2) is 62.5 Å². The quantitative estimate of drug-likeness (QED) is 0.810. The molecule has 0 aromatic heterocycles. The predicted molar refractivity (Wildman–Crippen MR) is 85.5 cm³/mol. The number of carbonyl (C=O) groups excluding carboxylic acids is 1. The van der Waals surface area contributed by atoms with Crippen molar-refractivity contribution in [1.82, 2.24) is 10.2 Å². The van der Waals surface area contributed by atoms with Crippen molar-refractivity contribution in [1.29, 1.82) is 0 Å². The van der Waals surface area contributed by atoms with E-state index in [1.165, 1.54) is 14.2 Å². The number of para-hydroxylation sites is 1.